The van der Waals surface area contributed by atoms with Crippen LogP contribution in [0.5, 0.6) is 11.6 Å². The fourth-order valence-electron chi connectivity index (χ4n) is 4.27. The summed E-state index contributed by atoms with van der Waals surface area (Å²) in [5.41, 5.74) is 2.48. The quantitative estimate of drug-likeness (QED) is 0.450. The summed E-state index contributed by atoms with van der Waals surface area (Å²) in [6.45, 7) is 1.88. The lowest BCUT2D eigenvalue weighted by Crippen LogP contribution is -2.18. The van der Waals surface area contributed by atoms with E-state index in [9.17, 15) is 9.90 Å². The number of ketones is 1. The van der Waals surface area contributed by atoms with E-state index in [0.29, 0.717) is 29.4 Å². The molecule has 0 saturated heterocycles. The van der Waals surface area contributed by atoms with Crippen molar-refractivity contribution in [1.29, 1.82) is 0 Å². The molecule has 1 aliphatic carbocycles. The Morgan fingerprint density at radius 3 is 2.68 bits per heavy atom. The number of carbonyl (C=O) groups is 1. The number of H-pyrrole nitrogens is 1. The molecule has 2 atom stereocenters. The van der Waals surface area contributed by atoms with Gasteiger partial charge in [-0.15, -0.1) is 0 Å². The van der Waals surface area contributed by atoms with Gasteiger partial charge in [-0.25, -0.2) is 9.97 Å². The van der Waals surface area contributed by atoms with Crippen LogP contribution in [0.2, 0.25) is 0 Å². The molecule has 4 aromatic rings. The number of hydrogen-bond acceptors (Lipinski definition) is 5. The number of rotatable bonds is 5. The van der Waals surface area contributed by atoms with Crippen molar-refractivity contribution in [2.75, 3.05) is 0 Å². The molecule has 2 heterocycles. The zero-order valence-corrected chi connectivity index (χ0v) is 17.2. The highest BCUT2D eigenvalue weighted by atomic mass is 16.5. The summed E-state index contributed by atoms with van der Waals surface area (Å²) in [4.78, 5) is 24.7. The largest absolute Gasteiger partial charge is 0.439 e. The van der Waals surface area contributed by atoms with Crippen molar-refractivity contribution in [3.05, 3.63) is 83.8 Å². The summed E-state index contributed by atoms with van der Waals surface area (Å²) in [7, 11) is 0. The molecular formula is C25H23N3O3. The molecule has 156 valence electrons. The Morgan fingerprint density at radius 2 is 1.94 bits per heavy atom. The van der Waals surface area contributed by atoms with E-state index < -0.39 is 5.60 Å². The number of fused-ring (bicyclic) bond motifs is 1. The summed E-state index contributed by atoms with van der Waals surface area (Å²) >= 11 is 0. The number of para-hydroxylation sites is 2. The second-order valence-corrected chi connectivity index (χ2v) is 8.39. The van der Waals surface area contributed by atoms with Gasteiger partial charge in [0.2, 0.25) is 11.7 Å². The normalized spacial score (nSPS) is 20.8. The van der Waals surface area contributed by atoms with Gasteiger partial charge in [0.05, 0.1) is 16.6 Å². The van der Waals surface area contributed by atoms with Crippen molar-refractivity contribution in [2.24, 2.45) is 0 Å². The summed E-state index contributed by atoms with van der Waals surface area (Å²) < 4.78 is 6.05. The van der Waals surface area contributed by atoms with E-state index in [2.05, 4.69) is 15.0 Å². The van der Waals surface area contributed by atoms with Crippen molar-refractivity contribution < 1.29 is 14.6 Å². The minimum Gasteiger partial charge on any atom is -0.439 e. The Hall–Kier alpha value is -3.51. The fraction of sp³-hybridized carbons (Fsp3) is 0.240. The number of hydrogen-bond donors (Lipinski definition) is 2. The van der Waals surface area contributed by atoms with Gasteiger partial charge in [-0.2, -0.15) is 0 Å². The number of aliphatic hydroxyl groups is 1. The molecule has 1 saturated carbocycles. The molecule has 2 N–H and O–H groups in total. The highest BCUT2D eigenvalue weighted by Crippen LogP contribution is 2.43. The third-order valence-corrected chi connectivity index (χ3v) is 5.89. The predicted molar refractivity (Wildman–Crippen MR) is 117 cm³/mol. The fourth-order valence-corrected chi connectivity index (χ4v) is 4.27. The molecule has 0 amide bonds. The first kappa shape index (κ1) is 19.5. The van der Waals surface area contributed by atoms with Gasteiger partial charge >= 0.3 is 0 Å². The molecule has 2 aromatic carbocycles. The number of aromatic nitrogens is 3. The number of carbonyl (C=O) groups excluding carboxylic acids is 1. The van der Waals surface area contributed by atoms with Crippen molar-refractivity contribution >= 4 is 16.8 Å². The monoisotopic (exact) mass is 413 g/mol. The predicted octanol–water partition coefficient (Wildman–Crippen LogP) is 5.00. The van der Waals surface area contributed by atoms with Crippen LogP contribution in [-0.2, 0) is 0 Å². The highest BCUT2D eigenvalue weighted by Gasteiger charge is 2.35. The Morgan fingerprint density at radius 1 is 1.13 bits per heavy atom. The zero-order chi connectivity index (χ0) is 21.4. The van der Waals surface area contributed by atoms with E-state index in [1.165, 1.54) is 0 Å². The van der Waals surface area contributed by atoms with Crippen LogP contribution < -0.4 is 4.74 Å². The SMILES string of the molecule is C[C@@]1(O)CC[C@@H](c2cccnc2Oc2ccc(C(=O)c3nc4ccccc4[nH]3)cc2)C1. The Labute approximate surface area is 179 Å². The van der Waals surface area contributed by atoms with Gasteiger partial charge in [-0.1, -0.05) is 18.2 Å². The zero-order valence-electron chi connectivity index (χ0n) is 17.2. The van der Waals surface area contributed by atoms with E-state index in [0.717, 1.165) is 29.4 Å². The lowest BCUT2D eigenvalue weighted by molar-refractivity contribution is 0.0664. The summed E-state index contributed by atoms with van der Waals surface area (Å²) in [5, 5.41) is 10.3. The number of benzene rings is 2. The van der Waals surface area contributed by atoms with Crippen LogP contribution in [0.1, 0.15) is 53.8 Å². The van der Waals surface area contributed by atoms with Crippen LogP contribution in [0.4, 0.5) is 0 Å². The molecule has 1 aliphatic rings. The topological polar surface area (TPSA) is 88.1 Å². The first-order chi connectivity index (χ1) is 15.0. The molecular weight excluding hydrogens is 390 g/mol. The Balaban J connectivity index is 1.35. The van der Waals surface area contributed by atoms with Gasteiger partial charge in [-0.3, -0.25) is 4.79 Å². The summed E-state index contributed by atoms with van der Waals surface area (Å²) in [6, 6.07) is 18.4. The molecule has 0 bridgehead atoms. The number of aromatic amines is 1. The van der Waals surface area contributed by atoms with E-state index in [1.807, 2.05) is 43.3 Å². The van der Waals surface area contributed by atoms with Gasteiger partial charge in [0.1, 0.15) is 5.75 Å². The maximum atomic E-state index is 12.8. The number of pyridine rings is 1. The molecule has 0 unspecified atom stereocenters. The van der Waals surface area contributed by atoms with Crippen molar-refractivity contribution in [3.8, 4) is 11.6 Å². The molecule has 31 heavy (non-hydrogen) atoms. The van der Waals surface area contributed by atoms with Gasteiger partial charge in [0, 0.05) is 17.3 Å². The highest BCUT2D eigenvalue weighted by molar-refractivity contribution is 6.08. The first-order valence-corrected chi connectivity index (χ1v) is 10.4. The molecule has 0 spiro atoms. The lowest BCUT2D eigenvalue weighted by atomic mass is 9.96. The molecule has 6 heteroatoms. The van der Waals surface area contributed by atoms with E-state index in [4.69, 9.17) is 4.74 Å². The Kier molecular flexibility index (Phi) is 4.79. The number of nitrogens with zero attached hydrogens (tertiary/aromatic N) is 2. The van der Waals surface area contributed by atoms with Crippen molar-refractivity contribution in [2.45, 2.75) is 37.7 Å². The average molecular weight is 413 g/mol. The van der Waals surface area contributed by atoms with Gasteiger partial charge in [0.25, 0.3) is 0 Å². The van der Waals surface area contributed by atoms with E-state index >= 15 is 0 Å². The first-order valence-electron chi connectivity index (χ1n) is 10.4. The van der Waals surface area contributed by atoms with Crippen LogP contribution in [-0.4, -0.2) is 31.4 Å². The second kappa shape index (κ2) is 7.63. The summed E-state index contributed by atoms with van der Waals surface area (Å²) in [5.74, 6) is 1.50. The number of imidazole rings is 1. The Bertz CT molecular complexity index is 1210. The molecule has 0 radical (unpaired) electrons. The lowest BCUT2D eigenvalue weighted by Gasteiger charge is -2.18. The molecule has 1 fully saturated rings. The van der Waals surface area contributed by atoms with E-state index in [-0.39, 0.29) is 11.7 Å². The van der Waals surface area contributed by atoms with Crippen molar-refractivity contribution in [1.82, 2.24) is 15.0 Å². The molecule has 5 rings (SSSR count). The maximum absolute atomic E-state index is 12.8. The van der Waals surface area contributed by atoms with Crippen LogP contribution in [0.15, 0.2) is 66.9 Å². The third-order valence-electron chi connectivity index (χ3n) is 5.89. The second-order valence-electron chi connectivity index (χ2n) is 8.39. The van der Waals surface area contributed by atoms with Crippen molar-refractivity contribution in [3.63, 3.8) is 0 Å². The van der Waals surface area contributed by atoms with Gasteiger partial charge < -0.3 is 14.8 Å². The van der Waals surface area contributed by atoms with Crippen LogP contribution in [0, 0.1) is 0 Å². The smallest absolute Gasteiger partial charge is 0.228 e. The van der Waals surface area contributed by atoms with Crippen LogP contribution in [0.3, 0.4) is 0 Å². The number of ether oxygens (including phenoxy) is 1. The number of nitrogens with one attached hydrogen (secondary N) is 1. The van der Waals surface area contributed by atoms with E-state index in [1.54, 1.807) is 30.5 Å². The molecule has 6 nitrogen and oxygen atoms in total. The van der Waals surface area contributed by atoms with Crippen LogP contribution in [0.25, 0.3) is 11.0 Å². The standard InChI is InChI=1S/C25H23N3O3/c1-25(30)13-12-17(15-25)19-5-4-14-26-24(19)31-18-10-8-16(9-11-18)22(29)23-27-20-6-2-3-7-21(20)28-23/h2-11,14,17,30H,12-13,15H2,1H3,(H,27,28)/t17-,25-/m1/s1. The average Bonchev–Trinajstić information content (AvgIpc) is 3.37. The minimum atomic E-state index is -0.642. The summed E-state index contributed by atoms with van der Waals surface area (Å²) in [6.07, 6.45) is 4.07. The third kappa shape index (κ3) is 3.94. The van der Waals surface area contributed by atoms with Crippen LogP contribution >= 0.6 is 0 Å². The molecule has 0 aliphatic heterocycles. The van der Waals surface area contributed by atoms with Gasteiger partial charge in [-0.05, 0) is 74.6 Å². The maximum Gasteiger partial charge on any atom is 0.228 e. The minimum absolute atomic E-state index is 0.172. The molecule has 2 aromatic heterocycles. The van der Waals surface area contributed by atoms with Gasteiger partial charge in [0.15, 0.2) is 5.82 Å².